The van der Waals surface area contributed by atoms with Gasteiger partial charge in [-0.2, -0.15) is 0 Å². The molecule has 2 fully saturated rings. The number of aromatic nitrogens is 3. The van der Waals surface area contributed by atoms with E-state index in [2.05, 4.69) is 20.9 Å². The van der Waals surface area contributed by atoms with E-state index in [1.54, 1.807) is 6.20 Å². The molecule has 1 N–H and O–H groups in total. The fraction of sp³-hybridized carbons (Fsp3) is 0.583. The molecule has 2 saturated heterocycles. The van der Waals surface area contributed by atoms with Crippen LogP contribution in [0.1, 0.15) is 60.7 Å². The fourth-order valence-electron chi connectivity index (χ4n) is 5.09. The summed E-state index contributed by atoms with van der Waals surface area (Å²) >= 11 is 0. The summed E-state index contributed by atoms with van der Waals surface area (Å²) in [5.74, 6) is 0.960. The second-order valence-corrected chi connectivity index (χ2v) is 9.22. The van der Waals surface area contributed by atoms with E-state index < -0.39 is 0 Å². The standard InChI is InChI=1S/C24H31N5O3/c30-22(12-19-5-1-2-11-32-19)29-10-6-18(15-29)23-26-21-16-28(9-7-20(21)24(31)27-23)14-17-4-3-8-25-13-17/h3-4,8,13,18-19H,1-2,5-7,9-12,14-16H2,(H,26,27,31)/t18-,19-/m1/s1. The fourth-order valence-corrected chi connectivity index (χ4v) is 5.09. The van der Waals surface area contributed by atoms with Crippen LogP contribution in [0.2, 0.25) is 0 Å². The Balaban J connectivity index is 1.24. The van der Waals surface area contributed by atoms with Crippen molar-refractivity contribution in [3.63, 3.8) is 0 Å². The number of amides is 1. The number of nitrogens with zero attached hydrogens (tertiary/aromatic N) is 4. The summed E-state index contributed by atoms with van der Waals surface area (Å²) < 4.78 is 5.73. The number of carbonyl (C=O) groups is 1. The van der Waals surface area contributed by atoms with Gasteiger partial charge in [-0.1, -0.05) is 6.07 Å². The van der Waals surface area contributed by atoms with Gasteiger partial charge in [0.05, 0.1) is 18.2 Å². The van der Waals surface area contributed by atoms with Crippen molar-refractivity contribution < 1.29 is 9.53 Å². The largest absolute Gasteiger partial charge is 0.378 e. The molecule has 8 nitrogen and oxygen atoms in total. The van der Waals surface area contributed by atoms with Gasteiger partial charge in [0.15, 0.2) is 0 Å². The van der Waals surface area contributed by atoms with Crippen LogP contribution in [0.25, 0.3) is 0 Å². The van der Waals surface area contributed by atoms with E-state index in [4.69, 9.17) is 9.72 Å². The van der Waals surface area contributed by atoms with Crippen LogP contribution in [0.3, 0.4) is 0 Å². The van der Waals surface area contributed by atoms with Gasteiger partial charge in [-0.25, -0.2) is 4.98 Å². The Morgan fingerprint density at radius 1 is 1.25 bits per heavy atom. The molecule has 2 aromatic rings. The molecule has 3 aliphatic rings. The minimum atomic E-state index is -0.0218. The molecule has 0 bridgehead atoms. The van der Waals surface area contributed by atoms with Crippen LogP contribution in [0.5, 0.6) is 0 Å². The van der Waals surface area contributed by atoms with E-state index in [1.807, 2.05) is 17.2 Å². The summed E-state index contributed by atoms with van der Waals surface area (Å²) in [5, 5.41) is 0. The Kier molecular flexibility index (Phi) is 6.32. The molecule has 3 aliphatic heterocycles. The molecule has 5 rings (SSSR count). The smallest absolute Gasteiger partial charge is 0.254 e. The van der Waals surface area contributed by atoms with Gasteiger partial charge < -0.3 is 14.6 Å². The van der Waals surface area contributed by atoms with Gasteiger partial charge in [0.2, 0.25) is 5.91 Å². The zero-order valence-electron chi connectivity index (χ0n) is 18.5. The second-order valence-electron chi connectivity index (χ2n) is 9.22. The number of pyridine rings is 1. The van der Waals surface area contributed by atoms with E-state index >= 15 is 0 Å². The predicted octanol–water partition coefficient (Wildman–Crippen LogP) is 2.00. The Bertz CT molecular complexity index is 1000. The van der Waals surface area contributed by atoms with Crippen LogP contribution < -0.4 is 5.56 Å². The Hall–Kier alpha value is -2.58. The lowest BCUT2D eigenvalue weighted by molar-refractivity contribution is -0.134. The zero-order chi connectivity index (χ0) is 21.9. The lowest BCUT2D eigenvalue weighted by atomic mass is 10.0. The number of ether oxygens (including phenoxy) is 1. The van der Waals surface area contributed by atoms with Gasteiger partial charge in [0.1, 0.15) is 5.82 Å². The zero-order valence-corrected chi connectivity index (χ0v) is 18.5. The van der Waals surface area contributed by atoms with Crippen molar-refractivity contribution in [1.82, 2.24) is 24.8 Å². The molecule has 8 heteroatoms. The number of hydrogen-bond donors (Lipinski definition) is 1. The summed E-state index contributed by atoms with van der Waals surface area (Å²) in [6, 6.07) is 4.02. The van der Waals surface area contributed by atoms with Crippen LogP contribution >= 0.6 is 0 Å². The topological polar surface area (TPSA) is 91.4 Å². The number of nitrogens with one attached hydrogen (secondary N) is 1. The van der Waals surface area contributed by atoms with Crippen molar-refractivity contribution in [2.24, 2.45) is 0 Å². The van der Waals surface area contributed by atoms with Gasteiger partial charge in [-0.3, -0.25) is 19.5 Å². The first kappa shape index (κ1) is 21.3. The maximum atomic E-state index is 12.8. The Labute approximate surface area is 188 Å². The first-order valence-electron chi connectivity index (χ1n) is 11.8. The third-order valence-corrected chi connectivity index (χ3v) is 6.90. The monoisotopic (exact) mass is 437 g/mol. The molecular formula is C24H31N5O3. The molecule has 1 amide bonds. The van der Waals surface area contributed by atoms with Crippen molar-refractivity contribution in [1.29, 1.82) is 0 Å². The second kappa shape index (κ2) is 9.50. The maximum Gasteiger partial charge on any atom is 0.254 e. The third-order valence-electron chi connectivity index (χ3n) is 6.90. The minimum Gasteiger partial charge on any atom is -0.378 e. The molecule has 0 radical (unpaired) electrons. The van der Waals surface area contributed by atoms with E-state index in [0.717, 1.165) is 68.0 Å². The van der Waals surface area contributed by atoms with Crippen LogP contribution in [0.4, 0.5) is 0 Å². The van der Waals surface area contributed by atoms with E-state index in [1.165, 1.54) is 0 Å². The first-order chi connectivity index (χ1) is 15.7. The highest BCUT2D eigenvalue weighted by molar-refractivity contribution is 5.77. The molecule has 0 aromatic carbocycles. The highest BCUT2D eigenvalue weighted by atomic mass is 16.5. The highest BCUT2D eigenvalue weighted by Gasteiger charge is 2.32. The minimum absolute atomic E-state index is 0.0218. The SMILES string of the molecule is O=C(C[C@H]1CCCCO1)N1CC[C@@H](c2nc3c(c(=O)[nH]2)CCN(Cc2cccnc2)C3)C1. The number of rotatable bonds is 5. The number of H-pyrrole nitrogens is 1. The number of aromatic amines is 1. The summed E-state index contributed by atoms with van der Waals surface area (Å²) in [6.45, 7) is 4.39. The molecule has 2 aromatic heterocycles. The first-order valence-corrected chi connectivity index (χ1v) is 11.8. The van der Waals surface area contributed by atoms with Crippen molar-refractivity contribution >= 4 is 5.91 Å². The number of carbonyl (C=O) groups excluding carboxylic acids is 1. The number of hydrogen-bond acceptors (Lipinski definition) is 6. The maximum absolute atomic E-state index is 12.8. The summed E-state index contributed by atoms with van der Waals surface area (Å²) in [5.41, 5.74) is 2.81. The molecule has 5 heterocycles. The average Bonchev–Trinajstić information content (AvgIpc) is 3.31. The van der Waals surface area contributed by atoms with Crippen molar-refractivity contribution in [3.05, 3.63) is 57.5 Å². The quantitative estimate of drug-likeness (QED) is 0.769. The van der Waals surface area contributed by atoms with E-state index in [9.17, 15) is 9.59 Å². The lowest BCUT2D eigenvalue weighted by Gasteiger charge is -2.28. The van der Waals surface area contributed by atoms with Crippen molar-refractivity contribution in [2.45, 2.75) is 63.6 Å². The van der Waals surface area contributed by atoms with E-state index in [0.29, 0.717) is 32.5 Å². The van der Waals surface area contributed by atoms with Gasteiger partial charge in [0, 0.05) is 63.2 Å². The molecule has 0 aliphatic carbocycles. The van der Waals surface area contributed by atoms with Crippen LogP contribution in [0, 0.1) is 0 Å². The summed E-state index contributed by atoms with van der Waals surface area (Å²) in [4.78, 5) is 41.8. The lowest BCUT2D eigenvalue weighted by Crippen LogP contribution is -2.36. The molecule has 0 spiro atoms. The van der Waals surface area contributed by atoms with Crippen molar-refractivity contribution in [3.8, 4) is 0 Å². The molecule has 170 valence electrons. The van der Waals surface area contributed by atoms with Crippen LogP contribution in [0.15, 0.2) is 29.3 Å². The Morgan fingerprint density at radius 2 is 2.19 bits per heavy atom. The molecule has 32 heavy (non-hydrogen) atoms. The number of likely N-dealkylation sites (tertiary alicyclic amines) is 1. The predicted molar refractivity (Wildman–Crippen MR) is 119 cm³/mol. The number of fused-ring (bicyclic) bond motifs is 1. The normalized spacial score (nSPS) is 23.8. The van der Waals surface area contributed by atoms with Crippen molar-refractivity contribution in [2.75, 3.05) is 26.2 Å². The third kappa shape index (κ3) is 4.76. The summed E-state index contributed by atoms with van der Waals surface area (Å²) in [6.07, 6.45) is 8.92. The van der Waals surface area contributed by atoms with Gasteiger partial charge >= 0.3 is 0 Å². The van der Waals surface area contributed by atoms with Gasteiger partial charge in [0.25, 0.3) is 5.56 Å². The highest BCUT2D eigenvalue weighted by Crippen LogP contribution is 2.27. The van der Waals surface area contributed by atoms with Gasteiger partial charge in [-0.15, -0.1) is 0 Å². The molecule has 0 unspecified atom stereocenters. The van der Waals surface area contributed by atoms with E-state index in [-0.39, 0.29) is 23.5 Å². The molecule has 0 saturated carbocycles. The summed E-state index contributed by atoms with van der Waals surface area (Å²) in [7, 11) is 0. The molecular weight excluding hydrogens is 406 g/mol. The Morgan fingerprint density at radius 3 is 3.00 bits per heavy atom. The van der Waals surface area contributed by atoms with Crippen LogP contribution in [-0.2, 0) is 29.0 Å². The molecule has 2 atom stereocenters. The van der Waals surface area contributed by atoms with Gasteiger partial charge in [-0.05, 0) is 43.7 Å². The average molecular weight is 438 g/mol. The van der Waals surface area contributed by atoms with Crippen LogP contribution in [-0.4, -0.2) is 63.0 Å².